The van der Waals surface area contributed by atoms with Crippen LogP contribution in [0.4, 0.5) is 0 Å². The molecule has 6 aromatic rings. The van der Waals surface area contributed by atoms with Crippen LogP contribution in [0.15, 0.2) is 47.8 Å². The SMILES string of the molecule is Cn1ncc2cc(-c3c(-c4cnn(CC(C)(C)O)c4)[nH]c4ncc5c(c34)n(C3CCC(CC#N)CC3)c(=O)n5C)ccc21. The zero-order valence-corrected chi connectivity index (χ0v) is 24.9. The molecule has 1 aromatic carbocycles. The van der Waals surface area contributed by atoms with Crippen LogP contribution in [0, 0.1) is 17.2 Å². The number of pyridine rings is 1. The van der Waals surface area contributed by atoms with Crippen molar-refractivity contribution in [1.29, 1.82) is 5.26 Å². The van der Waals surface area contributed by atoms with Gasteiger partial charge in [0.15, 0.2) is 0 Å². The van der Waals surface area contributed by atoms with E-state index < -0.39 is 5.60 Å². The fraction of sp³-hybridized carbons (Fsp3) is 0.406. The molecule has 7 rings (SSSR count). The highest BCUT2D eigenvalue weighted by molar-refractivity contribution is 6.14. The normalized spacial score (nSPS) is 17.8. The van der Waals surface area contributed by atoms with Gasteiger partial charge in [-0.2, -0.15) is 15.5 Å². The number of nitrogens with zero attached hydrogens (tertiary/aromatic N) is 8. The maximum absolute atomic E-state index is 13.9. The number of imidazole rings is 1. The fourth-order valence-electron chi connectivity index (χ4n) is 6.85. The minimum Gasteiger partial charge on any atom is -0.389 e. The smallest absolute Gasteiger partial charge is 0.329 e. The number of aliphatic hydroxyl groups is 1. The van der Waals surface area contributed by atoms with Crippen molar-refractivity contribution in [3.05, 3.63) is 53.5 Å². The summed E-state index contributed by atoms with van der Waals surface area (Å²) in [6, 6.07) is 8.66. The van der Waals surface area contributed by atoms with Crippen LogP contribution >= 0.6 is 0 Å². The number of benzene rings is 1. The van der Waals surface area contributed by atoms with Crippen LogP contribution in [0.2, 0.25) is 0 Å². The first kappa shape index (κ1) is 27.2. The van der Waals surface area contributed by atoms with Gasteiger partial charge in [-0.05, 0) is 63.1 Å². The summed E-state index contributed by atoms with van der Waals surface area (Å²) in [4.78, 5) is 22.3. The summed E-state index contributed by atoms with van der Waals surface area (Å²) >= 11 is 0. The number of aromatic nitrogens is 8. The van der Waals surface area contributed by atoms with Gasteiger partial charge in [-0.1, -0.05) is 6.07 Å². The zero-order valence-electron chi connectivity index (χ0n) is 24.9. The first-order valence-corrected chi connectivity index (χ1v) is 14.8. The second-order valence-electron chi connectivity index (χ2n) is 12.6. The van der Waals surface area contributed by atoms with Crippen LogP contribution in [-0.2, 0) is 20.6 Å². The number of hydrogen-bond donors (Lipinski definition) is 2. The molecule has 0 amide bonds. The molecule has 1 aliphatic carbocycles. The quantitative estimate of drug-likeness (QED) is 0.284. The van der Waals surface area contributed by atoms with E-state index in [1.807, 2.05) is 35.7 Å². The van der Waals surface area contributed by atoms with Crippen LogP contribution < -0.4 is 5.69 Å². The summed E-state index contributed by atoms with van der Waals surface area (Å²) in [6.07, 6.45) is 11.5. The number of aryl methyl sites for hydroxylation is 2. The van der Waals surface area contributed by atoms with Crippen molar-refractivity contribution < 1.29 is 5.11 Å². The zero-order chi connectivity index (χ0) is 30.0. The van der Waals surface area contributed by atoms with E-state index in [0.717, 1.165) is 75.4 Å². The number of aromatic amines is 1. The van der Waals surface area contributed by atoms with E-state index in [1.54, 1.807) is 35.5 Å². The molecule has 11 heteroatoms. The molecular formula is C32H35N9O2. The summed E-state index contributed by atoms with van der Waals surface area (Å²) in [5.74, 6) is 0.384. The molecule has 5 heterocycles. The van der Waals surface area contributed by atoms with Crippen LogP contribution in [0.25, 0.3) is 55.4 Å². The molecule has 0 bridgehead atoms. The third-order valence-electron chi connectivity index (χ3n) is 8.94. The van der Waals surface area contributed by atoms with Crippen molar-refractivity contribution in [1.82, 2.24) is 38.7 Å². The molecule has 2 N–H and O–H groups in total. The number of fused-ring (bicyclic) bond motifs is 4. The van der Waals surface area contributed by atoms with Crippen LogP contribution in [0.1, 0.15) is 52.0 Å². The van der Waals surface area contributed by atoms with Gasteiger partial charge < -0.3 is 10.1 Å². The van der Waals surface area contributed by atoms with Gasteiger partial charge in [0.1, 0.15) is 5.65 Å². The average Bonchev–Trinajstić information content (AvgIpc) is 3.73. The summed E-state index contributed by atoms with van der Waals surface area (Å²) in [5.41, 5.74) is 6.02. The second-order valence-corrected chi connectivity index (χ2v) is 12.6. The van der Waals surface area contributed by atoms with Crippen molar-refractivity contribution in [2.75, 3.05) is 0 Å². The third-order valence-corrected chi connectivity index (χ3v) is 8.94. The predicted octanol–water partition coefficient (Wildman–Crippen LogP) is 5.05. The largest absolute Gasteiger partial charge is 0.389 e. The number of H-pyrrole nitrogens is 1. The number of nitriles is 1. The van der Waals surface area contributed by atoms with Crippen molar-refractivity contribution >= 4 is 33.0 Å². The minimum absolute atomic E-state index is 0.0401. The molecule has 1 aliphatic rings. The Hall–Kier alpha value is -4.69. The lowest BCUT2D eigenvalue weighted by molar-refractivity contribution is 0.0577. The number of hydrogen-bond acceptors (Lipinski definition) is 6. The van der Waals surface area contributed by atoms with E-state index in [1.165, 1.54) is 0 Å². The van der Waals surface area contributed by atoms with Crippen molar-refractivity contribution in [2.45, 2.75) is 64.1 Å². The highest BCUT2D eigenvalue weighted by Crippen LogP contribution is 2.43. The van der Waals surface area contributed by atoms with Gasteiger partial charge in [0.2, 0.25) is 0 Å². The molecule has 220 valence electrons. The Morgan fingerprint density at radius 3 is 2.60 bits per heavy atom. The van der Waals surface area contributed by atoms with Crippen LogP contribution in [0.5, 0.6) is 0 Å². The van der Waals surface area contributed by atoms with Gasteiger partial charge in [0.05, 0.1) is 64.4 Å². The molecule has 0 atom stereocenters. The Labute approximate surface area is 248 Å². The average molecular weight is 578 g/mol. The molecule has 0 saturated heterocycles. The maximum atomic E-state index is 13.9. The summed E-state index contributed by atoms with van der Waals surface area (Å²) in [6.45, 7) is 3.86. The van der Waals surface area contributed by atoms with Crippen molar-refractivity contribution in [3.8, 4) is 28.5 Å². The number of nitrogens with one attached hydrogen (secondary N) is 1. The van der Waals surface area contributed by atoms with E-state index in [0.29, 0.717) is 24.5 Å². The van der Waals surface area contributed by atoms with Crippen LogP contribution in [0.3, 0.4) is 0 Å². The molecule has 43 heavy (non-hydrogen) atoms. The minimum atomic E-state index is -0.919. The van der Waals surface area contributed by atoms with Gasteiger partial charge in [-0.3, -0.25) is 18.5 Å². The van der Waals surface area contributed by atoms with E-state index in [9.17, 15) is 15.2 Å². The second kappa shape index (κ2) is 9.95. The van der Waals surface area contributed by atoms with E-state index in [4.69, 9.17) is 4.98 Å². The monoisotopic (exact) mass is 577 g/mol. The Kier molecular flexibility index (Phi) is 6.29. The topological polar surface area (TPSA) is 135 Å². The fourth-order valence-corrected chi connectivity index (χ4v) is 6.85. The highest BCUT2D eigenvalue weighted by Gasteiger charge is 2.29. The standard InChI is InChI=1S/C32H35N9O2/c1-32(2,43)18-40-17-22(15-36-40)28-26(20-7-10-24-21(13-20)14-35-39(24)4)27-29-25(16-34-30(27)37-28)38(3)31(42)41(29)23-8-5-19(6-9-23)11-12-33/h7,10,13-17,19,23,43H,5-6,8-9,11,18H2,1-4H3,(H,34,37). The Morgan fingerprint density at radius 2 is 1.86 bits per heavy atom. The third kappa shape index (κ3) is 4.53. The first-order valence-electron chi connectivity index (χ1n) is 14.8. The lowest BCUT2D eigenvalue weighted by Gasteiger charge is -2.28. The van der Waals surface area contributed by atoms with E-state index in [-0.39, 0.29) is 11.7 Å². The molecule has 0 radical (unpaired) electrons. The Bertz CT molecular complexity index is 2100. The molecule has 1 fully saturated rings. The Balaban J connectivity index is 1.50. The van der Waals surface area contributed by atoms with Gasteiger partial charge in [0.25, 0.3) is 0 Å². The lowest BCUT2D eigenvalue weighted by Crippen LogP contribution is -2.28. The van der Waals surface area contributed by atoms with Crippen molar-refractivity contribution in [3.63, 3.8) is 0 Å². The molecule has 11 nitrogen and oxygen atoms in total. The van der Waals surface area contributed by atoms with Gasteiger partial charge in [-0.15, -0.1) is 0 Å². The molecule has 1 saturated carbocycles. The molecule has 0 aliphatic heterocycles. The number of rotatable bonds is 6. The Morgan fingerprint density at radius 1 is 1.07 bits per heavy atom. The summed E-state index contributed by atoms with van der Waals surface area (Å²) < 4.78 is 7.28. The predicted molar refractivity (Wildman–Crippen MR) is 165 cm³/mol. The molecule has 0 spiro atoms. The molecule has 0 unspecified atom stereocenters. The van der Waals surface area contributed by atoms with Gasteiger partial charge in [0, 0.05) is 49.3 Å². The summed E-state index contributed by atoms with van der Waals surface area (Å²) in [7, 11) is 3.74. The summed E-state index contributed by atoms with van der Waals surface area (Å²) in [5, 5.41) is 30.5. The van der Waals surface area contributed by atoms with E-state index >= 15 is 0 Å². The lowest BCUT2D eigenvalue weighted by atomic mass is 9.84. The van der Waals surface area contributed by atoms with Crippen LogP contribution in [-0.4, -0.2) is 49.4 Å². The van der Waals surface area contributed by atoms with Gasteiger partial charge in [-0.25, -0.2) is 9.78 Å². The maximum Gasteiger partial charge on any atom is 0.329 e. The molecular weight excluding hydrogens is 542 g/mol. The first-order chi connectivity index (χ1) is 20.6. The van der Waals surface area contributed by atoms with Gasteiger partial charge >= 0.3 is 5.69 Å². The highest BCUT2D eigenvalue weighted by atomic mass is 16.3. The molecule has 5 aromatic heterocycles. The van der Waals surface area contributed by atoms with E-state index in [2.05, 4.69) is 39.4 Å². The van der Waals surface area contributed by atoms with Crippen molar-refractivity contribution in [2.24, 2.45) is 20.0 Å².